The van der Waals surface area contributed by atoms with Gasteiger partial charge in [-0.25, -0.2) is 0 Å². The zero-order valence-corrected chi connectivity index (χ0v) is 21.8. The van der Waals surface area contributed by atoms with Crippen LogP contribution in [0.2, 0.25) is 21.6 Å². The highest BCUT2D eigenvalue weighted by Gasteiger charge is 2.42. The maximum Gasteiger partial charge on any atom is 0.265 e. The van der Waals surface area contributed by atoms with E-state index in [1.807, 2.05) is 0 Å². The Labute approximate surface area is 188 Å². The molecule has 0 bridgehead atoms. The van der Waals surface area contributed by atoms with Crippen LogP contribution in [0.5, 0.6) is 0 Å². The van der Waals surface area contributed by atoms with Crippen molar-refractivity contribution in [2.45, 2.75) is 70.4 Å². The molecule has 0 amide bonds. The van der Waals surface area contributed by atoms with Crippen molar-refractivity contribution in [3.05, 3.63) is 34.9 Å². The molecule has 0 fully saturated rings. The van der Waals surface area contributed by atoms with Gasteiger partial charge in [0.15, 0.2) is 6.10 Å². The predicted octanol–water partition coefficient (Wildman–Crippen LogP) is 5.57. The summed E-state index contributed by atoms with van der Waals surface area (Å²) in [4.78, 5) is 0. The normalized spacial score (nSPS) is 14.7. The Kier molecular flexibility index (Phi) is 10.5. The van der Waals surface area contributed by atoms with Gasteiger partial charge in [0.2, 0.25) is 0 Å². The van der Waals surface area contributed by atoms with E-state index >= 15 is 0 Å². The van der Waals surface area contributed by atoms with Gasteiger partial charge >= 0.3 is 0 Å². The Morgan fingerprint density at radius 1 is 1.00 bits per heavy atom. The standard InChI is InChI=1S/C22H35ClO5SSi/c1-16(2)30(17(3)4,18(5)6)14-13-21(28-29(8,24)25)22(27-15-26-7)19-9-11-20(23)12-10-19/h9-12,16-18,21-22H,15H2,1-8H3/t21-,22-/m1/s1. The maximum atomic E-state index is 12.0. The average molecular weight is 475 g/mol. The highest BCUT2D eigenvalue weighted by atomic mass is 35.5. The summed E-state index contributed by atoms with van der Waals surface area (Å²) >= 11 is 6.02. The Morgan fingerprint density at radius 2 is 1.50 bits per heavy atom. The number of ether oxygens (including phenoxy) is 2. The van der Waals surface area contributed by atoms with Crippen LogP contribution in [-0.4, -0.2) is 42.8 Å². The molecule has 1 aromatic carbocycles. The second kappa shape index (κ2) is 11.7. The topological polar surface area (TPSA) is 61.8 Å². The summed E-state index contributed by atoms with van der Waals surface area (Å²) in [6.45, 7) is 13.2. The first-order valence-corrected chi connectivity index (χ1v) is 14.5. The summed E-state index contributed by atoms with van der Waals surface area (Å²) < 4.78 is 40.4. The molecule has 0 aromatic heterocycles. The number of rotatable bonds is 10. The third-order valence-electron chi connectivity index (χ3n) is 5.41. The average Bonchev–Trinajstić information content (AvgIpc) is 2.61. The van der Waals surface area contributed by atoms with E-state index in [0.717, 1.165) is 6.26 Å². The van der Waals surface area contributed by atoms with E-state index in [2.05, 4.69) is 53.0 Å². The van der Waals surface area contributed by atoms with E-state index < -0.39 is 30.4 Å². The molecule has 0 radical (unpaired) electrons. The van der Waals surface area contributed by atoms with Gasteiger partial charge in [-0.3, -0.25) is 4.18 Å². The fourth-order valence-corrected chi connectivity index (χ4v) is 10.0. The van der Waals surface area contributed by atoms with E-state index in [4.69, 9.17) is 25.3 Å². The van der Waals surface area contributed by atoms with E-state index in [9.17, 15) is 8.42 Å². The van der Waals surface area contributed by atoms with Crippen molar-refractivity contribution >= 4 is 29.8 Å². The largest absolute Gasteiger partial charge is 0.359 e. The Hall–Kier alpha value is -0.883. The Bertz CT molecular complexity index is 804. The van der Waals surface area contributed by atoms with Crippen molar-refractivity contribution in [3.8, 4) is 11.5 Å². The summed E-state index contributed by atoms with van der Waals surface area (Å²) in [5.74, 6) is 3.18. The lowest BCUT2D eigenvalue weighted by molar-refractivity contribution is -0.0968. The van der Waals surface area contributed by atoms with Crippen molar-refractivity contribution in [1.29, 1.82) is 0 Å². The van der Waals surface area contributed by atoms with E-state index in [1.165, 1.54) is 7.11 Å². The second-order valence-corrected chi connectivity index (χ2v) is 16.1. The third-order valence-corrected chi connectivity index (χ3v) is 12.5. The van der Waals surface area contributed by atoms with Crippen molar-refractivity contribution in [2.75, 3.05) is 20.2 Å². The summed E-state index contributed by atoms with van der Waals surface area (Å²) in [5, 5.41) is 0.571. The van der Waals surface area contributed by atoms with Crippen LogP contribution < -0.4 is 0 Å². The van der Waals surface area contributed by atoms with Gasteiger partial charge in [0.25, 0.3) is 10.1 Å². The molecule has 0 N–H and O–H groups in total. The van der Waals surface area contributed by atoms with E-state index in [-0.39, 0.29) is 6.79 Å². The van der Waals surface area contributed by atoms with Crippen LogP contribution in [-0.2, 0) is 23.8 Å². The molecular formula is C22H35ClO5SSi. The number of benzene rings is 1. The van der Waals surface area contributed by atoms with E-state index in [0.29, 0.717) is 27.2 Å². The van der Waals surface area contributed by atoms with Gasteiger partial charge in [-0.05, 0) is 34.3 Å². The number of hydrogen-bond acceptors (Lipinski definition) is 5. The van der Waals surface area contributed by atoms with Crippen LogP contribution in [0.25, 0.3) is 0 Å². The lowest BCUT2D eigenvalue weighted by Crippen LogP contribution is -2.43. The lowest BCUT2D eigenvalue weighted by Gasteiger charge is -2.38. The summed E-state index contributed by atoms with van der Waals surface area (Å²) in [5.41, 5.74) is 5.46. The molecular weight excluding hydrogens is 440 g/mol. The molecule has 0 heterocycles. The molecule has 0 saturated carbocycles. The molecule has 0 aliphatic carbocycles. The summed E-state index contributed by atoms with van der Waals surface area (Å²) in [6, 6.07) is 7.00. The highest BCUT2D eigenvalue weighted by Crippen LogP contribution is 2.41. The van der Waals surface area contributed by atoms with Crippen LogP contribution in [0.4, 0.5) is 0 Å². The zero-order valence-electron chi connectivity index (χ0n) is 19.2. The fraction of sp³-hybridized carbons (Fsp3) is 0.636. The summed E-state index contributed by atoms with van der Waals surface area (Å²) in [7, 11) is -4.36. The molecule has 0 aliphatic heterocycles. The molecule has 8 heteroatoms. The van der Waals surface area contributed by atoms with E-state index in [1.54, 1.807) is 24.3 Å². The fourth-order valence-electron chi connectivity index (χ4n) is 4.12. The molecule has 2 atom stereocenters. The SMILES string of the molecule is COCO[C@H](c1ccc(Cl)cc1)[C@@H](C#C[Si](C(C)C)(C(C)C)C(C)C)OS(C)(=O)=O. The number of halogens is 1. The molecule has 170 valence electrons. The molecule has 5 nitrogen and oxygen atoms in total. The van der Waals surface area contributed by atoms with Gasteiger partial charge < -0.3 is 9.47 Å². The zero-order chi connectivity index (χ0) is 23.1. The van der Waals surface area contributed by atoms with Crippen molar-refractivity contribution in [2.24, 2.45) is 0 Å². The molecule has 0 spiro atoms. The van der Waals surface area contributed by atoms with Crippen molar-refractivity contribution < 1.29 is 22.1 Å². The first kappa shape index (κ1) is 27.2. The smallest absolute Gasteiger partial charge is 0.265 e. The van der Waals surface area contributed by atoms with Crippen LogP contribution >= 0.6 is 11.6 Å². The quantitative estimate of drug-likeness (QED) is 0.192. The molecule has 0 saturated heterocycles. The first-order valence-electron chi connectivity index (χ1n) is 10.1. The van der Waals surface area contributed by atoms with Crippen molar-refractivity contribution in [3.63, 3.8) is 0 Å². The maximum absolute atomic E-state index is 12.0. The van der Waals surface area contributed by atoms with Crippen LogP contribution in [0.1, 0.15) is 53.2 Å². The van der Waals surface area contributed by atoms with Gasteiger partial charge in [-0.1, -0.05) is 71.2 Å². The van der Waals surface area contributed by atoms with Crippen LogP contribution in [0.3, 0.4) is 0 Å². The summed E-state index contributed by atoms with van der Waals surface area (Å²) in [6.07, 6.45) is -0.725. The first-order chi connectivity index (χ1) is 13.8. The van der Waals surface area contributed by atoms with Gasteiger partial charge in [-0.15, -0.1) is 5.54 Å². The second-order valence-electron chi connectivity index (χ2n) is 8.43. The highest BCUT2D eigenvalue weighted by molar-refractivity contribution is 7.86. The lowest BCUT2D eigenvalue weighted by atomic mass is 10.0. The minimum absolute atomic E-state index is 0.0281. The Morgan fingerprint density at radius 3 is 1.90 bits per heavy atom. The van der Waals surface area contributed by atoms with Gasteiger partial charge in [0.1, 0.15) is 21.0 Å². The van der Waals surface area contributed by atoms with Crippen molar-refractivity contribution in [1.82, 2.24) is 0 Å². The predicted molar refractivity (Wildman–Crippen MR) is 126 cm³/mol. The molecule has 1 rings (SSSR count). The van der Waals surface area contributed by atoms with Gasteiger partial charge in [0.05, 0.1) is 6.26 Å². The number of hydrogen-bond donors (Lipinski definition) is 0. The molecule has 30 heavy (non-hydrogen) atoms. The van der Waals surface area contributed by atoms with Gasteiger partial charge in [-0.2, -0.15) is 8.42 Å². The number of methoxy groups -OCH3 is 1. The third kappa shape index (κ3) is 7.36. The molecule has 0 aliphatic rings. The molecule has 1 aromatic rings. The minimum Gasteiger partial charge on any atom is -0.359 e. The molecule has 0 unspecified atom stereocenters. The minimum atomic E-state index is -3.77. The monoisotopic (exact) mass is 474 g/mol. The van der Waals surface area contributed by atoms with Crippen LogP contribution in [0.15, 0.2) is 24.3 Å². The Balaban J connectivity index is 3.57. The van der Waals surface area contributed by atoms with Gasteiger partial charge in [0, 0.05) is 12.1 Å². The van der Waals surface area contributed by atoms with Crippen LogP contribution in [0, 0.1) is 11.5 Å².